The second-order valence-corrected chi connectivity index (χ2v) is 9.26. The average Bonchev–Trinajstić information content (AvgIpc) is 3.15. The lowest BCUT2D eigenvalue weighted by atomic mass is 9.95. The van der Waals surface area contributed by atoms with E-state index in [1.807, 2.05) is 56.4 Å². The van der Waals surface area contributed by atoms with Crippen LogP contribution in [-0.4, -0.2) is 49.9 Å². The van der Waals surface area contributed by atoms with Crippen LogP contribution in [0.4, 0.5) is 10.6 Å². The predicted molar refractivity (Wildman–Crippen MR) is 126 cm³/mol. The van der Waals surface area contributed by atoms with Crippen LogP contribution in [-0.2, 0) is 17.8 Å². The number of nitrogens with zero attached hydrogens (tertiary/aromatic N) is 6. The Bertz CT molecular complexity index is 1140. The molecule has 0 saturated carbocycles. The van der Waals surface area contributed by atoms with Gasteiger partial charge in [-0.2, -0.15) is 0 Å². The van der Waals surface area contributed by atoms with Crippen LogP contribution in [0.1, 0.15) is 49.8 Å². The normalized spacial score (nSPS) is 16.4. The van der Waals surface area contributed by atoms with Crippen LogP contribution in [0, 0.1) is 0 Å². The summed E-state index contributed by atoms with van der Waals surface area (Å²) in [6.07, 6.45) is 3.18. The van der Waals surface area contributed by atoms with Gasteiger partial charge in [0.2, 0.25) is 0 Å². The standard InChI is InChI=1S/C24H27ClN6O2/c1-16(2)33-24(32)30-14-18-13-19(25)6-7-20(18)31-22(15-30)27-28-23(31)17-8-11-29(12-9-17)21-5-3-4-10-26-21/h3-7,10,13,16-17H,8-9,11-12,14-15H2,1-2H3. The number of rotatable bonds is 3. The van der Waals surface area contributed by atoms with Gasteiger partial charge in [-0.25, -0.2) is 9.78 Å². The molecule has 2 aliphatic rings. The lowest BCUT2D eigenvalue weighted by molar-refractivity contribution is 0.0718. The molecule has 2 aliphatic heterocycles. The fourth-order valence-corrected chi connectivity index (χ4v) is 4.80. The Morgan fingerprint density at radius 1 is 1.12 bits per heavy atom. The summed E-state index contributed by atoms with van der Waals surface area (Å²) in [7, 11) is 0. The summed E-state index contributed by atoms with van der Waals surface area (Å²) in [6.45, 7) is 6.24. The minimum absolute atomic E-state index is 0.197. The van der Waals surface area contributed by atoms with Gasteiger partial charge in [-0.15, -0.1) is 10.2 Å². The van der Waals surface area contributed by atoms with Crippen molar-refractivity contribution < 1.29 is 9.53 Å². The molecule has 0 radical (unpaired) electrons. The van der Waals surface area contributed by atoms with Gasteiger partial charge in [-0.1, -0.05) is 17.7 Å². The van der Waals surface area contributed by atoms with Gasteiger partial charge in [0.05, 0.1) is 24.9 Å². The van der Waals surface area contributed by atoms with Crippen molar-refractivity contribution in [2.45, 2.75) is 51.8 Å². The summed E-state index contributed by atoms with van der Waals surface area (Å²) in [5.74, 6) is 2.95. The number of amides is 1. The number of piperidine rings is 1. The topological polar surface area (TPSA) is 76.4 Å². The van der Waals surface area contributed by atoms with Gasteiger partial charge in [0.25, 0.3) is 0 Å². The number of ether oxygens (including phenoxy) is 1. The number of carbonyl (C=O) groups is 1. The van der Waals surface area contributed by atoms with Crippen molar-refractivity contribution in [1.82, 2.24) is 24.6 Å². The molecule has 1 amide bonds. The molecule has 0 bridgehead atoms. The molecule has 0 N–H and O–H groups in total. The van der Waals surface area contributed by atoms with Crippen LogP contribution in [0.25, 0.3) is 5.69 Å². The quantitative estimate of drug-likeness (QED) is 0.563. The highest BCUT2D eigenvalue weighted by Gasteiger charge is 2.32. The van der Waals surface area contributed by atoms with Gasteiger partial charge in [-0.05, 0) is 62.6 Å². The highest BCUT2D eigenvalue weighted by atomic mass is 35.5. The van der Waals surface area contributed by atoms with Gasteiger partial charge < -0.3 is 9.64 Å². The van der Waals surface area contributed by atoms with Crippen molar-refractivity contribution in [3.05, 3.63) is 64.8 Å². The molecule has 0 unspecified atom stereocenters. The van der Waals surface area contributed by atoms with Crippen LogP contribution in [0.15, 0.2) is 42.6 Å². The van der Waals surface area contributed by atoms with Crippen LogP contribution in [0.5, 0.6) is 0 Å². The molecule has 9 heteroatoms. The van der Waals surface area contributed by atoms with Gasteiger partial charge >= 0.3 is 6.09 Å². The number of hydrogen-bond donors (Lipinski definition) is 0. The van der Waals surface area contributed by atoms with Crippen molar-refractivity contribution in [2.24, 2.45) is 0 Å². The Morgan fingerprint density at radius 2 is 1.94 bits per heavy atom. The molecular weight excluding hydrogens is 440 g/mol. The summed E-state index contributed by atoms with van der Waals surface area (Å²) >= 11 is 6.32. The molecule has 5 rings (SSSR count). The van der Waals surface area contributed by atoms with E-state index in [2.05, 4.69) is 24.6 Å². The third-order valence-corrected chi connectivity index (χ3v) is 6.39. The van der Waals surface area contributed by atoms with Crippen molar-refractivity contribution in [3.63, 3.8) is 0 Å². The molecular formula is C24H27ClN6O2. The first-order valence-electron chi connectivity index (χ1n) is 11.3. The van der Waals surface area contributed by atoms with E-state index in [0.717, 1.165) is 54.6 Å². The third-order valence-electron chi connectivity index (χ3n) is 6.16. The number of pyridine rings is 1. The van der Waals surface area contributed by atoms with Crippen LogP contribution < -0.4 is 4.90 Å². The molecule has 3 aromatic rings. The van der Waals surface area contributed by atoms with Crippen molar-refractivity contribution in [1.29, 1.82) is 0 Å². The van der Waals surface area contributed by atoms with Gasteiger partial charge in [0.1, 0.15) is 11.6 Å². The Morgan fingerprint density at radius 3 is 2.67 bits per heavy atom. The van der Waals surface area contributed by atoms with E-state index in [9.17, 15) is 4.79 Å². The molecule has 1 saturated heterocycles. The summed E-state index contributed by atoms with van der Waals surface area (Å²) in [5, 5.41) is 9.74. The molecule has 0 atom stereocenters. The number of benzene rings is 1. The SMILES string of the molecule is CC(C)OC(=O)N1Cc2cc(Cl)ccc2-n2c(nnc2C2CCN(c3ccccn3)CC2)C1. The molecule has 172 valence electrons. The Kier molecular flexibility index (Phi) is 5.93. The number of halogens is 1. The van der Waals surface area contributed by atoms with Gasteiger partial charge in [0, 0.05) is 30.2 Å². The van der Waals surface area contributed by atoms with E-state index in [0.29, 0.717) is 18.1 Å². The molecule has 2 aromatic heterocycles. The van der Waals surface area contributed by atoms with E-state index >= 15 is 0 Å². The number of fused-ring (bicyclic) bond motifs is 3. The minimum Gasteiger partial charge on any atom is -0.447 e. The molecule has 8 nitrogen and oxygen atoms in total. The summed E-state index contributed by atoms with van der Waals surface area (Å²) < 4.78 is 7.59. The molecule has 0 aliphatic carbocycles. The van der Waals surface area contributed by atoms with Gasteiger partial charge in [0.15, 0.2) is 5.82 Å². The van der Waals surface area contributed by atoms with E-state index in [1.165, 1.54) is 0 Å². The molecule has 33 heavy (non-hydrogen) atoms. The van der Waals surface area contributed by atoms with Crippen molar-refractivity contribution in [3.8, 4) is 5.69 Å². The van der Waals surface area contributed by atoms with Crippen LogP contribution in [0.2, 0.25) is 5.02 Å². The highest BCUT2D eigenvalue weighted by molar-refractivity contribution is 6.30. The lowest BCUT2D eigenvalue weighted by Crippen LogP contribution is -2.34. The fourth-order valence-electron chi connectivity index (χ4n) is 4.60. The maximum Gasteiger partial charge on any atom is 0.410 e. The maximum absolute atomic E-state index is 12.7. The zero-order valence-corrected chi connectivity index (χ0v) is 19.6. The largest absolute Gasteiger partial charge is 0.447 e. The van der Waals surface area contributed by atoms with E-state index < -0.39 is 0 Å². The van der Waals surface area contributed by atoms with Gasteiger partial charge in [-0.3, -0.25) is 9.47 Å². The first kappa shape index (κ1) is 21.7. The number of anilines is 1. The number of carbonyl (C=O) groups excluding carboxylic acids is 1. The summed E-state index contributed by atoms with van der Waals surface area (Å²) in [4.78, 5) is 21.2. The average molecular weight is 467 g/mol. The number of aromatic nitrogens is 4. The smallest absolute Gasteiger partial charge is 0.410 e. The second-order valence-electron chi connectivity index (χ2n) is 8.82. The molecule has 4 heterocycles. The van der Waals surface area contributed by atoms with Crippen molar-refractivity contribution >= 4 is 23.5 Å². The maximum atomic E-state index is 12.7. The highest BCUT2D eigenvalue weighted by Crippen LogP contribution is 2.34. The zero-order valence-electron chi connectivity index (χ0n) is 18.8. The first-order valence-corrected chi connectivity index (χ1v) is 11.7. The Hall–Kier alpha value is -3.13. The fraction of sp³-hybridized carbons (Fsp3) is 0.417. The minimum atomic E-state index is -0.363. The summed E-state index contributed by atoms with van der Waals surface area (Å²) in [6, 6.07) is 11.8. The number of hydrogen-bond acceptors (Lipinski definition) is 6. The van der Waals surface area contributed by atoms with Crippen LogP contribution in [0.3, 0.4) is 0 Å². The first-order chi connectivity index (χ1) is 16.0. The van der Waals surface area contributed by atoms with E-state index in [-0.39, 0.29) is 18.1 Å². The second kappa shape index (κ2) is 9.02. The molecule has 1 aromatic carbocycles. The monoisotopic (exact) mass is 466 g/mol. The molecule has 1 fully saturated rings. The van der Waals surface area contributed by atoms with E-state index in [4.69, 9.17) is 16.3 Å². The Balaban J connectivity index is 1.45. The predicted octanol–water partition coefficient (Wildman–Crippen LogP) is 4.56. The van der Waals surface area contributed by atoms with Crippen LogP contribution >= 0.6 is 11.6 Å². The lowest BCUT2D eigenvalue weighted by Gasteiger charge is -2.32. The van der Waals surface area contributed by atoms with E-state index in [1.54, 1.807) is 4.90 Å². The Labute approximate surface area is 198 Å². The third kappa shape index (κ3) is 4.39. The zero-order chi connectivity index (χ0) is 22.9. The summed E-state index contributed by atoms with van der Waals surface area (Å²) in [5.41, 5.74) is 1.93. The molecule has 0 spiro atoms. The van der Waals surface area contributed by atoms with Crippen molar-refractivity contribution in [2.75, 3.05) is 18.0 Å².